The van der Waals surface area contributed by atoms with Gasteiger partial charge >= 0.3 is 0 Å². The van der Waals surface area contributed by atoms with Crippen LogP contribution >= 0.6 is 0 Å². The van der Waals surface area contributed by atoms with Crippen LogP contribution in [-0.4, -0.2) is 57.3 Å². The summed E-state index contributed by atoms with van der Waals surface area (Å²) < 4.78 is 0. The number of hydrogen-bond acceptors (Lipinski definition) is 5. The molecule has 0 aliphatic heterocycles. The van der Waals surface area contributed by atoms with Crippen molar-refractivity contribution in [2.24, 2.45) is 0 Å². The number of aliphatic hydroxyl groups excluding tert-OH is 4. The van der Waals surface area contributed by atoms with Crippen molar-refractivity contribution in [3.8, 4) is 0 Å². The van der Waals surface area contributed by atoms with Crippen molar-refractivity contribution in [1.82, 2.24) is 5.32 Å². The van der Waals surface area contributed by atoms with Crippen LogP contribution in [0.1, 0.15) is 219 Å². The maximum Gasteiger partial charge on any atom is 0.249 e. The fourth-order valence-corrected chi connectivity index (χ4v) is 7.00. The van der Waals surface area contributed by atoms with E-state index in [0.717, 1.165) is 57.8 Å². The Kier molecular flexibility index (Phi) is 42.6. The number of nitrogens with one attached hydrogen (secondary N) is 1. The van der Waals surface area contributed by atoms with Gasteiger partial charge in [0.25, 0.3) is 0 Å². The van der Waals surface area contributed by atoms with Crippen LogP contribution in [-0.2, 0) is 4.79 Å². The van der Waals surface area contributed by atoms with Gasteiger partial charge in [0.1, 0.15) is 12.2 Å². The summed E-state index contributed by atoms with van der Waals surface area (Å²) in [7, 11) is 0. The molecule has 0 aromatic heterocycles. The van der Waals surface area contributed by atoms with Crippen molar-refractivity contribution >= 4 is 5.91 Å². The van der Waals surface area contributed by atoms with Crippen molar-refractivity contribution in [3.63, 3.8) is 0 Å². The largest absolute Gasteiger partial charge is 0.394 e. The summed E-state index contributed by atoms with van der Waals surface area (Å²) in [6.07, 6.45) is 55.7. The molecule has 4 unspecified atom stereocenters. The number of rotatable bonds is 42. The van der Waals surface area contributed by atoms with Crippen LogP contribution in [0.15, 0.2) is 60.8 Å². The van der Waals surface area contributed by atoms with Gasteiger partial charge in [-0.2, -0.15) is 0 Å². The Labute approximate surface area is 346 Å². The summed E-state index contributed by atoms with van der Waals surface area (Å²) in [6.45, 7) is 3.81. The van der Waals surface area contributed by atoms with E-state index in [1.165, 1.54) is 128 Å². The van der Waals surface area contributed by atoms with Gasteiger partial charge in [0.05, 0.1) is 18.8 Å². The number of carbonyl (C=O) groups excluding carboxylic acids is 1. The molecule has 6 heteroatoms. The van der Waals surface area contributed by atoms with Crippen LogP contribution in [0.25, 0.3) is 0 Å². The SMILES string of the molecule is C/C=C/CC/C=C/CC/C=C/CCCC(O)C(O)C(CO)NC(=O)C(O)CCCCCCCCCCCCCC/C=C\C/C=C\CCCCCCCCCCC. The molecule has 0 saturated carbocycles. The second-order valence-electron chi connectivity index (χ2n) is 16.1. The quantitative estimate of drug-likeness (QED) is 0.0313. The van der Waals surface area contributed by atoms with Gasteiger partial charge < -0.3 is 25.7 Å². The average Bonchev–Trinajstić information content (AvgIpc) is 3.20. The summed E-state index contributed by atoms with van der Waals surface area (Å²) in [5.41, 5.74) is 0. The Morgan fingerprint density at radius 1 is 0.482 bits per heavy atom. The molecular weight excluding hydrogens is 695 g/mol. The second-order valence-corrected chi connectivity index (χ2v) is 16.1. The Morgan fingerprint density at radius 3 is 1.34 bits per heavy atom. The van der Waals surface area contributed by atoms with Gasteiger partial charge in [-0.3, -0.25) is 4.79 Å². The molecule has 0 fully saturated rings. The molecule has 0 aliphatic carbocycles. The van der Waals surface area contributed by atoms with E-state index in [1.54, 1.807) is 0 Å². The lowest BCUT2D eigenvalue weighted by Crippen LogP contribution is -2.53. The summed E-state index contributed by atoms with van der Waals surface area (Å²) in [5, 5.41) is 43.6. The predicted molar refractivity (Wildman–Crippen MR) is 242 cm³/mol. The van der Waals surface area contributed by atoms with E-state index >= 15 is 0 Å². The summed E-state index contributed by atoms with van der Waals surface area (Å²) >= 11 is 0. The third kappa shape index (κ3) is 37.6. The monoisotopic (exact) mass is 786 g/mol. The van der Waals surface area contributed by atoms with Gasteiger partial charge in [-0.05, 0) is 90.4 Å². The van der Waals surface area contributed by atoms with Gasteiger partial charge in [0.15, 0.2) is 0 Å². The van der Waals surface area contributed by atoms with E-state index in [9.17, 15) is 25.2 Å². The smallest absolute Gasteiger partial charge is 0.249 e. The summed E-state index contributed by atoms with van der Waals surface area (Å²) in [4.78, 5) is 12.5. The fraction of sp³-hybridized carbons (Fsp3) is 0.780. The third-order valence-electron chi connectivity index (χ3n) is 10.8. The fourth-order valence-electron chi connectivity index (χ4n) is 7.00. The van der Waals surface area contributed by atoms with E-state index < -0.39 is 36.9 Å². The van der Waals surface area contributed by atoms with Crippen molar-refractivity contribution in [1.29, 1.82) is 0 Å². The van der Waals surface area contributed by atoms with Crippen molar-refractivity contribution in [2.75, 3.05) is 6.61 Å². The minimum Gasteiger partial charge on any atom is -0.394 e. The van der Waals surface area contributed by atoms with Gasteiger partial charge in [-0.15, -0.1) is 0 Å². The summed E-state index contributed by atoms with van der Waals surface area (Å²) in [5.74, 6) is -0.604. The van der Waals surface area contributed by atoms with Gasteiger partial charge in [0.2, 0.25) is 5.91 Å². The zero-order valence-electron chi connectivity index (χ0n) is 36.6. The average molecular weight is 786 g/mol. The molecule has 56 heavy (non-hydrogen) atoms. The van der Waals surface area contributed by atoms with Crippen molar-refractivity contribution in [2.45, 2.75) is 244 Å². The number of hydrogen-bond donors (Lipinski definition) is 5. The first-order valence-corrected chi connectivity index (χ1v) is 23.6. The Morgan fingerprint density at radius 2 is 0.875 bits per heavy atom. The highest BCUT2D eigenvalue weighted by Crippen LogP contribution is 2.15. The van der Waals surface area contributed by atoms with Crippen molar-refractivity contribution in [3.05, 3.63) is 60.8 Å². The van der Waals surface area contributed by atoms with Crippen LogP contribution in [0.2, 0.25) is 0 Å². The number of amides is 1. The van der Waals surface area contributed by atoms with Crippen LogP contribution in [0.3, 0.4) is 0 Å². The number of carbonyl (C=O) groups is 1. The van der Waals surface area contributed by atoms with Crippen LogP contribution in [0.4, 0.5) is 0 Å². The molecular formula is C50H91NO5. The van der Waals surface area contributed by atoms with Crippen LogP contribution < -0.4 is 5.32 Å². The van der Waals surface area contributed by atoms with Gasteiger partial charge in [-0.25, -0.2) is 0 Å². The highest BCUT2D eigenvalue weighted by atomic mass is 16.3. The molecule has 0 heterocycles. The minimum absolute atomic E-state index is 0.354. The first-order chi connectivity index (χ1) is 27.5. The van der Waals surface area contributed by atoms with Crippen LogP contribution in [0, 0.1) is 0 Å². The number of aliphatic hydroxyl groups is 4. The van der Waals surface area contributed by atoms with E-state index in [1.807, 2.05) is 6.92 Å². The molecule has 6 nitrogen and oxygen atoms in total. The molecule has 326 valence electrons. The zero-order valence-corrected chi connectivity index (χ0v) is 36.6. The maximum absolute atomic E-state index is 12.5. The van der Waals surface area contributed by atoms with E-state index in [2.05, 4.69) is 73.0 Å². The highest BCUT2D eigenvalue weighted by Gasteiger charge is 2.28. The lowest BCUT2D eigenvalue weighted by molar-refractivity contribution is -0.132. The number of allylic oxidation sites excluding steroid dienone is 10. The highest BCUT2D eigenvalue weighted by molar-refractivity contribution is 5.80. The standard InChI is InChI=1S/C50H91NO5/c1-3-5-7-9-11-13-15-17-18-19-20-21-22-23-24-25-26-27-28-29-30-31-32-34-36-38-40-42-44-48(54)50(56)51-46(45-52)49(55)47(53)43-41-39-37-35-33-16-14-12-10-8-6-4-2/h4,6,12,14,20-21,23-24,35,37,46-49,52-55H,3,5,7-11,13,15-19,22,25-34,36,38-45H2,1-2H3,(H,51,56)/b6-4+,14-12+,21-20-,24-23-,37-35+. The first kappa shape index (κ1) is 54.0. The van der Waals surface area contributed by atoms with Gasteiger partial charge in [-0.1, -0.05) is 190 Å². The maximum atomic E-state index is 12.5. The lowest BCUT2D eigenvalue weighted by Gasteiger charge is -2.27. The molecule has 0 saturated heterocycles. The lowest BCUT2D eigenvalue weighted by atomic mass is 10.00. The molecule has 0 radical (unpaired) electrons. The normalized spacial score (nSPS) is 14.6. The molecule has 0 bridgehead atoms. The Hall–Kier alpha value is -1.99. The topological polar surface area (TPSA) is 110 Å². The molecule has 4 atom stereocenters. The molecule has 0 aliphatic rings. The van der Waals surface area contributed by atoms with Gasteiger partial charge in [0, 0.05) is 0 Å². The summed E-state index contributed by atoms with van der Waals surface area (Å²) in [6, 6.07) is -1.01. The van der Waals surface area contributed by atoms with Crippen LogP contribution in [0.5, 0.6) is 0 Å². The van der Waals surface area contributed by atoms with E-state index in [4.69, 9.17) is 0 Å². The predicted octanol–water partition coefficient (Wildman–Crippen LogP) is 12.9. The third-order valence-corrected chi connectivity index (χ3v) is 10.8. The van der Waals surface area contributed by atoms with E-state index in [0.29, 0.717) is 19.3 Å². The number of unbranched alkanes of at least 4 members (excludes halogenated alkanes) is 24. The second kappa shape index (κ2) is 44.1. The van der Waals surface area contributed by atoms with Crippen molar-refractivity contribution < 1.29 is 25.2 Å². The zero-order chi connectivity index (χ0) is 41.0. The molecule has 0 spiro atoms. The molecule has 0 aromatic carbocycles. The first-order valence-electron chi connectivity index (χ1n) is 23.6. The Balaban J connectivity index is 3.68. The molecule has 1 amide bonds. The molecule has 0 aromatic rings. The molecule has 0 rings (SSSR count). The van der Waals surface area contributed by atoms with E-state index in [-0.39, 0.29) is 0 Å². The Bertz CT molecular complexity index is 972. The molecule has 5 N–H and O–H groups in total. The minimum atomic E-state index is -1.29.